The highest BCUT2D eigenvalue weighted by molar-refractivity contribution is 5.17. The first-order chi connectivity index (χ1) is 12.3. The highest BCUT2D eigenvalue weighted by atomic mass is 16.5. The number of methoxy groups -OCH3 is 1. The first kappa shape index (κ1) is 18.8. The fraction of sp³-hybridized carbons (Fsp3) is 0.917. The molecule has 146 valence electrons. The van der Waals surface area contributed by atoms with Crippen LogP contribution in [0.3, 0.4) is 0 Å². The average Bonchev–Trinajstić information content (AvgIpc) is 2.99. The molecule has 4 saturated carbocycles. The zero-order valence-electron chi connectivity index (χ0n) is 17.3. The van der Waals surface area contributed by atoms with Gasteiger partial charge in [-0.05, 0) is 99.2 Å². The van der Waals surface area contributed by atoms with Gasteiger partial charge in [-0.1, -0.05) is 19.8 Å². The topological polar surface area (TPSA) is 29.5 Å². The summed E-state index contributed by atoms with van der Waals surface area (Å²) in [6, 6.07) is 0. The summed E-state index contributed by atoms with van der Waals surface area (Å²) in [7, 11) is 1.89. The SMILES string of the molecule is C#CC(C)(O)[C@H]1CC[C@H]2[C@@H]3CCC4CC(OC)CC[C@]4(C)[C@H]3CC[C@]12C. The summed E-state index contributed by atoms with van der Waals surface area (Å²) in [5, 5.41) is 10.9. The lowest BCUT2D eigenvalue weighted by atomic mass is 9.44. The van der Waals surface area contributed by atoms with Gasteiger partial charge in [-0.2, -0.15) is 0 Å². The lowest BCUT2D eigenvalue weighted by Gasteiger charge is -2.61. The molecule has 4 aliphatic rings. The molecule has 2 nitrogen and oxygen atoms in total. The Morgan fingerprint density at radius 2 is 1.69 bits per heavy atom. The van der Waals surface area contributed by atoms with Gasteiger partial charge >= 0.3 is 0 Å². The summed E-state index contributed by atoms with van der Waals surface area (Å²) in [5.41, 5.74) is -0.218. The highest BCUT2D eigenvalue weighted by Crippen LogP contribution is 2.68. The largest absolute Gasteiger partial charge is 0.381 e. The zero-order valence-corrected chi connectivity index (χ0v) is 17.3. The summed E-state index contributed by atoms with van der Waals surface area (Å²) >= 11 is 0. The van der Waals surface area contributed by atoms with Crippen LogP contribution in [0, 0.1) is 52.8 Å². The van der Waals surface area contributed by atoms with Crippen LogP contribution in [0.2, 0.25) is 0 Å². The van der Waals surface area contributed by atoms with Crippen molar-refractivity contribution in [3.05, 3.63) is 0 Å². The maximum absolute atomic E-state index is 10.9. The van der Waals surface area contributed by atoms with Crippen molar-refractivity contribution < 1.29 is 9.84 Å². The van der Waals surface area contributed by atoms with Gasteiger partial charge in [0.05, 0.1) is 6.10 Å². The first-order valence-corrected chi connectivity index (χ1v) is 11.0. The Labute approximate surface area is 160 Å². The van der Waals surface area contributed by atoms with Gasteiger partial charge in [-0.25, -0.2) is 0 Å². The molecule has 0 aromatic carbocycles. The Morgan fingerprint density at radius 1 is 1.00 bits per heavy atom. The number of hydrogen-bond donors (Lipinski definition) is 1. The Kier molecular flexibility index (Phi) is 4.52. The average molecular weight is 359 g/mol. The van der Waals surface area contributed by atoms with Crippen LogP contribution in [0.25, 0.3) is 0 Å². The van der Waals surface area contributed by atoms with Crippen molar-refractivity contribution in [3.8, 4) is 12.3 Å². The second-order valence-electron chi connectivity index (χ2n) is 10.8. The quantitative estimate of drug-likeness (QED) is 0.700. The van der Waals surface area contributed by atoms with Crippen LogP contribution in [0.1, 0.15) is 78.6 Å². The number of rotatable bonds is 2. The monoisotopic (exact) mass is 358 g/mol. The Bertz CT molecular complexity index is 590. The van der Waals surface area contributed by atoms with E-state index in [2.05, 4.69) is 19.8 Å². The van der Waals surface area contributed by atoms with E-state index >= 15 is 0 Å². The number of hydrogen-bond acceptors (Lipinski definition) is 2. The van der Waals surface area contributed by atoms with E-state index in [-0.39, 0.29) is 11.3 Å². The van der Waals surface area contributed by atoms with E-state index in [0.717, 1.165) is 30.1 Å². The van der Waals surface area contributed by atoms with Crippen LogP contribution in [-0.2, 0) is 4.74 Å². The van der Waals surface area contributed by atoms with Gasteiger partial charge in [0.15, 0.2) is 0 Å². The maximum atomic E-state index is 10.9. The van der Waals surface area contributed by atoms with E-state index in [1.165, 1.54) is 51.4 Å². The number of aliphatic hydroxyl groups is 1. The minimum Gasteiger partial charge on any atom is -0.381 e. The summed E-state index contributed by atoms with van der Waals surface area (Å²) < 4.78 is 5.72. The summed E-state index contributed by atoms with van der Waals surface area (Å²) in [6.45, 7) is 6.93. The fourth-order valence-electron chi connectivity index (χ4n) is 8.46. The molecule has 2 heteroatoms. The van der Waals surface area contributed by atoms with E-state index in [1.807, 2.05) is 14.0 Å². The highest BCUT2D eigenvalue weighted by Gasteiger charge is 2.62. The molecule has 0 saturated heterocycles. The normalized spacial score (nSPS) is 52.9. The molecule has 1 N–H and O–H groups in total. The van der Waals surface area contributed by atoms with Gasteiger partial charge in [0.1, 0.15) is 5.60 Å². The zero-order chi connectivity index (χ0) is 18.7. The Morgan fingerprint density at radius 3 is 2.38 bits per heavy atom. The third-order valence-electron chi connectivity index (χ3n) is 9.92. The van der Waals surface area contributed by atoms with Crippen molar-refractivity contribution in [1.29, 1.82) is 0 Å². The molecule has 0 amide bonds. The van der Waals surface area contributed by atoms with E-state index < -0.39 is 5.60 Å². The van der Waals surface area contributed by atoms with E-state index in [9.17, 15) is 5.11 Å². The molecule has 0 bridgehead atoms. The van der Waals surface area contributed by atoms with Crippen LogP contribution >= 0.6 is 0 Å². The van der Waals surface area contributed by atoms with Gasteiger partial charge in [0, 0.05) is 13.0 Å². The van der Waals surface area contributed by atoms with E-state index in [1.54, 1.807) is 0 Å². The molecule has 0 radical (unpaired) electrons. The van der Waals surface area contributed by atoms with Crippen molar-refractivity contribution in [2.24, 2.45) is 40.4 Å². The number of ether oxygens (including phenoxy) is 1. The summed E-state index contributed by atoms with van der Waals surface area (Å²) in [6.07, 6.45) is 17.8. The molecule has 0 aromatic rings. The van der Waals surface area contributed by atoms with Gasteiger partial charge in [0.25, 0.3) is 0 Å². The minimum absolute atomic E-state index is 0.226. The Balaban J connectivity index is 1.59. The van der Waals surface area contributed by atoms with Crippen molar-refractivity contribution in [3.63, 3.8) is 0 Å². The molecule has 4 fully saturated rings. The van der Waals surface area contributed by atoms with Gasteiger partial charge < -0.3 is 9.84 Å². The third-order valence-corrected chi connectivity index (χ3v) is 9.92. The molecule has 0 heterocycles. The molecule has 4 rings (SSSR count). The predicted molar refractivity (Wildman–Crippen MR) is 105 cm³/mol. The van der Waals surface area contributed by atoms with E-state index in [4.69, 9.17) is 11.2 Å². The predicted octanol–water partition coefficient (Wildman–Crippen LogP) is 5.04. The molecule has 3 unspecified atom stereocenters. The first-order valence-electron chi connectivity index (χ1n) is 11.0. The molecule has 4 aliphatic carbocycles. The van der Waals surface area contributed by atoms with Crippen molar-refractivity contribution in [1.82, 2.24) is 0 Å². The molecule has 26 heavy (non-hydrogen) atoms. The summed E-state index contributed by atoms with van der Waals surface area (Å²) in [4.78, 5) is 0. The molecule has 9 atom stereocenters. The van der Waals surface area contributed by atoms with Gasteiger partial charge in [-0.3, -0.25) is 0 Å². The minimum atomic E-state index is -0.950. The van der Waals surface area contributed by atoms with Crippen molar-refractivity contribution in [2.75, 3.05) is 7.11 Å². The standard InChI is InChI=1S/C24H38O2/c1-6-24(4,25)21-10-9-19-18-8-7-16-15-17(26-5)11-13-22(16,2)20(18)12-14-23(19,21)3/h1,16-21,25H,7-15H2,2-5H3/t16?,17?,18-,19-,20-,21-,22-,23-,24?/m0/s1. The van der Waals surface area contributed by atoms with Crippen molar-refractivity contribution >= 4 is 0 Å². The van der Waals surface area contributed by atoms with E-state index in [0.29, 0.717) is 11.5 Å². The van der Waals surface area contributed by atoms with Gasteiger partial charge in [-0.15, -0.1) is 6.42 Å². The van der Waals surface area contributed by atoms with Crippen molar-refractivity contribution in [2.45, 2.75) is 90.3 Å². The number of fused-ring (bicyclic) bond motifs is 5. The maximum Gasteiger partial charge on any atom is 0.125 e. The van der Waals surface area contributed by atoms with Crippen LogP contribution in [-0.4, -0.2) is 23.9 Å². The molecular weight excluding hydrogens is 320 g/mol. The molecule has 0 aromatic heterocycles. The van der Waals surface area contributed by atoms with Crippen LogP contribution in [0.4, 0.5) is 0 Å². The molecule has 0 spiro atoms. The van der Waals surface area contributed by atoms with Crippen LogP contribution in [0.5, 0.6) is 0 Å². The van der Waals surface area contributed by atoms with Crippen LogP contribution in [0.15, 0.2) is 0 Å². The van der Waals surface area contributed by atoms with Gasteiger partial charge in [0.2, 0.25) is 0 Å². The lowest BCUT2D eigenvalue weighted by molar-refractivity contribution is -0.139. The molecule has 0 aliphatic heterocycles. The van der Waals surface area contributed by atoms with Crippen LogP contribution < -0.4 is 0 Å². The molecular formula is C24H38O2. The third kappa shape index (κ3) is 2.53. The fourth-order valence-corrected chi connectivity index (χ4v) is 8.46. The summed E-state index contributed by atoms with van der Waals surface area (Å²) in [5.74, 6) is 6.29. The second kappa shape index (κ2) is 6.25. The number of terminal acetylenes is 1. The Hall–Kier alpha value is -0.520. The second-order valence-corrected chi connectivity index (χ2v) is 10.8. The smallest absolute Gasteiger partial charge is 0.125 e. The lowest BCUT2D eigenvalue weighted by Crippen LogP contribution is -2.55.